The van der Waals surface area contributed by atoms with Gasteiger partial charge < -0.3 is 9.72 Å². The molecule has 1 saturated heterocycles. The molecule has 3 atom stereocenters. The van der Waals surface area contributed by atoms with E-state index in [9.17, 15) is 0 Å². The minimum absolute atomic E-state index is 0.646. The summed E-state index contributed by atoms with van der Waals surface area (Å²) in [6.45, 7) is 2.56. The van der Waals surface area contributed by atoms with Crippen molar-refractivity contribution >= 4 is 10.9 Å². The van der Waals surface area contributed by atoms with Crippen molar-refractivity contribution in [2.24, 2.45) is 11.8 Å². The summed E-state index contributed by atoms with van der Waals surface area (Å²) in [5.74, 6) is 2.78. The molecule has 3 heteroatoms. The summed E-state index contributed by atoms with van der Waals surface area (Å²) in [6.07, 6.45) is 6.91. The van der Waals surface area contributed by atoms with E-state index in [-0.39, 0.29) is 0 Å². The molecule has 1 saturated carbocycles. The van der Waals surface area contributed by atoms with Crippen molar-refractivity contribution < 1.29 is 4.74 Å². The Kier molecular flexibility index (Phi) is 2.81. The molecule has 1 aromatic heterocycles. The molecule has 22 heavy (non-hydrogen) atoms. The van der Waals surface area contributed by atoms with Gasteiger partial charge in [0.25, 0.3) is 0 Å². The summed E-state index contributed by atoms with van der Waals surface area (Å²) in [7, 11) is 1.76. The maximum Gasteiger partial charge on any atom is 0.119 e. The summed E-state index contributed by atoms with van der Waals surface area (Å²) >= 11 is 0. The number of H-pyrrole nitrogens is 1. The number of hydrogen-bond acceptors (Lipinski definition) is 2. The number of nitrogens with zero attached hydrogens (tertiary/aromatic N) is 1. The van der Waals surface area contributed by atoms with Crippen molar-refractivity contribution in [3.63, 3.8) is 0 Å². The number of nitrogens with one attached hydrogen (secondary N) is 1. The molecule has 3 aliphatic rings. The summed E-state index contributed by atoms with van der Waals surface area (Å²) in [4.78, 5) is 6.53. The second-order valence-electron chi connectivity index (χ2n) is 7.33. The van der Waals surface area contributed by atoms with E-state index in [1.807, 2.05) is 0 Å². The van der Waals surface area contributed by atoms with Crippen molar-refractivity contribution in [3.05, 3.63) is 29.5 Å². The molecule has 5 rings (SSSR count). The average molecular weight is 296 g/mol. The van der Waals surface area contributed by atoms with Crippen molar-refractivity contribution in [2.45, 2.75) is 38.1 Å². The van der Waals surface area contributed by atoms with E-state index < -0.39 is 0 Å². The van der Waals surface area contributed by atoms with Gasteiger partial charge in [-0.05, 0) is 54.9 Å². The van der Waals surface area contributed by atoms with E-state index in [1.165, 1.54) is 61.8 Å². The van der Waals surface area contributed by atoms with Crippen LogP contribution in [0, 0.1) is 11.8 Å². The van der Waals surface area contributed by atoms with E-state index >= 15 is 0 Å². The highest BCUT2D eigenvalue weighted by atomic mass is 16.5. The first-order chi connectivity index (χ1) is 10.8. The average Bonchev–Trinajstić information content (AvgIpc) is 3.11. The third-order valence-electron chi connectivity index (χ3n) is 6.33. The Morgan fingerprint density at radius 1 is 1.23 bits per heavy atom. The lowest BCUT2D eigenvalue weighted by atomic mass is 9.77. The Labute approximate surface area is 131 Å². The van der Waals surface area contributed by atoms with Crippen LogP contribution in [0.5, 0.6) is 5.75 Å². The first-order valence-electron chi connectivity index (χ1n) is 8.77. The highest BCUT2D eigenvalue weighted by Crippen LogP contribution is 2.51. The zero-order valence-electron chi connectivity index (χ0n) is 13.3. The number of aromatic nitrogens is 1. The Morgan fingerprint density at radius 2 is 2.14 bits per heavy atom. The van der Waals surface area contributed by atoms with Gasteiger partial charge in [0.1, 0.15) is 5.75 Å². The van der Waals surface area contributed by atoms with Crippen LogP contribution in [0.25, 0.3) is 10.9 Å². The zero-order valence-corrected chi connectivity index (χ0v) is 13.3. The molecule has 0 amide bonds. The second-order valence-corrected chi connectivity index (χ2v) is 7.33. The molecular formula is C19H24N2O. The molecule has 116 valence electrons. The van der Waals surface area contributed by atoms with Crippen LogP contribution >= 0.6 is 0 Å². The fraction of sp³-hybridized carbons (Fsp3) is 0.579. The van der Waals surface area contributed by atoms with Crippen LogP contribution in [0.4, 0.5) is 0 Å². The van der Waals surface area contributed by atoms with Crippen molar-refractivity contribution in [1.29, 1.82) is 0 Å². The van der Waals surface area contributed by atoms with E-state index in [4.69, 9.17) is 4.74 Å². The molecule has 0 bridgehead atoms. The third-order valence-corrected chi connectivity index (χ3v) is 6.33. The van der Waals surface area contributed by atoms with Gasteiger partial charge in [-0.25, -0.2) is 0 Å². The van der Waals surface area contributed by atoms with Gasteiger partial charge in [-0.15, -0.1) is 0 Å². The Balaban J connectivity index is 1.64. The Bertz CT molecular complexity index is 720. The topological polar surface area (TPSA) is 28.3 Å². The van der Waals surface area contributed by atoms with Crippen LogP contribution < -0.4 is 4.74 Å². The Morgan fingerprint density at radius 3 is 3.05 bits per heavy atom. The molecular weight excluding hydrogens is 272 g/mol. The second kappa shape index (κ2) is 4.76. The fourth-order valence-electron chi connectivity index (χ4n) is 5.34. The third kappa shape index (κ3) is 1.72. The van der Waals surface area contributed by atoms with Crippen molar-refractivity contribution in [2.75, 3.05) is 20.2 Å². The molecule has 3 nitrogen and oxygen atoms in total. The van der Waals surface area contributed by atoms with Crippen LogP contribution in [-0.2, 0) is 6.42 Å². The van der Waals surface area contributed by atoms with Gasteiger partial charge in [-0.2, -0.15) is 0 Å². The van der Waals surface area contributed by atoms with Crippen molar-refractivity contribution in [1.82, 2.24) is 9.88 Å². The largest absolute Gasteiger partial charge is 0.497 e. The molecule has 2 fully saturated rings. The monoisotopic (exact) mass is 296 g/mol. The van der Waals surface area contributed by atoms with Gasteiger partial charge in [0, 0.05) is 29.7 Å². The van der Waals surface area contributed by atoms with Crippen LogP contribution in [0.1, 0.15) is 43.0 Å². The predicted octanol–water partition coefficient (Wildman–Crippen LogP) is 3.90. The van der Waals surface area contributed by atoms with Gasteiger partial charge in [-0.3, -0.25) is 4.90 Å². The van der Waals surface area contributed by atoms with Crippen molar-refractivity contribution in [3.8, 4) is 5.75 Å². The summed E-state index contributed by atoms with van der Waals surface area (Å²) in [5, 5.41) is 1.38. The first-order valence-corrected chi connectivity index (χ1v) is 8.77. The smallest absolute Gasteiger partial charge is 0.119 e. The molecule has 2 aromatic rings. The minimum atomic E-state index is 0.646. The van der Waals surface area contributed by atoms with Crippen LogP contribution in [-0.4, -0.2) is 30.1 Å². The van der Waals surface area contributed by atoms with Gasteiger partial charge >= 0.3 is 0 Å². The maximum atomic E-state index is 5.43. The van der Waals surface area contributed by atoms with Crippen LogP contribution in [0.15, 0.2) is 18.2 Å². The molecule has 1 aromatic carbocycles. The quantitative estimate of drug-likeness (QED) is 0.864. The summed E-state index contributed by atoms with van der Waals surface area (Å²) in [5.41, 5.74) is 4.36. The minimum Gasteiger partial charge on any atom is -0.497 e. The number of benzene rings is 1. The molecule has 1 N–H and O–H groups in total. The molecule has 0 radical (unpaired) electrons. The van der Waals surface area contributed by atoms with E-state index in [1.54, 1.807) is 12.7 Å². The summed E-state index contributed by atoms with van der Waals surface area (Å²) in [6, 6.07) is 7.12. The van der Waals surface area contributed by atoms with Gasteiger partial charge in [0.15, 0.2) is 0 Å². The van der Waals surface area contributed by atoms with Gasteiger partial charge in [-0.1, -0.05) is 12.8 Å². The molecule has 1 aliphatic carbocycles. The number of aromatic amines is 1. The SMILES string of the molecule is COc1ccc2[nH]c3c(c2c1)CCN1C[C@@H]2CCCC[C@@H]2[C@@H]31. The standard InChI is InChI=1S/C19H24N2O/c1-22-13-6-7-17-16(10-13)15-8-9-21-11-12-4-2-3-5-14(12)19(21)18(15)20-17/h6-7,10,12,14,19-20H,2-5,8-9,11H2,1H3/t12-,14-,19-/m0/s1. The highest BCUT2D eigenvalue weighted by molar-refractivity contribution is 5.86. The molecule has 3 heterocycles. The normalized spacial score (nSPS) is 30.9. The predicted molar refractivity (Wildman–Crippen MR) is 88.3 cm³/mol. The fourth-order valence-corrected chi connectivity index (χ4v) is 5.34. The number of rotatable bonds is 1. The van der Waals surface area contributed by atoms with Crippen LogP contribution in [0.2, 0.25) is 0 Å². The lowest BCUT2D eigenvalue weighted by Crippen LogP contribution is -2.32. The number of methoxy groups -OCH3 is 1. The first kappa shape index (κ1) is 13.0. The van der Waals surface area contributed by atoms with E-state index in [0.29, 0.717) is 6.04 Å². The molecule has 0 unspecified atom stereocenters. The van der Waals surface area contributed by atoms with E-state index in [0.717, 1.165) is 17.6 Å². The lowest BCUT2D eigenvalue weighted by molar-refractivity contribution is 0.198. The number of ether oxygens (including phenoxy) is 1. The molecule has 0 spiro atoms. The number of fused-ring (bicyclic) bond motifs is 7. The lowest BCUT2D eigenvalue weighted by Gasteiger charge is -2.34. The summed E-state index contributed by atoms with van der Waals surface area (Å²) < 4.78 is 5.43. The highest BCUT2D eigenvalue weighted by Gasteiger charge is 2.46. The maximum absolute atomic E-state index is 5.43. The molecule has 2 aliphatic heterocycles. The van der Waals surface area contributed by atoms with Gasteiger partial charge in [0.2, 0.25) is 0 Å². The van der Waals surface area contributed by atoms with Crippen LogP contribution in [0.3, 0.4) is 0 Å². The van der Waals surface area contributed by atoms with Gasteiger partial charge in [0.05, 0.1) is 13.2 Å². The zero-order chi connectivity index (χ0) is 14.7. The number of hydrogen-bond donors (Lipinski definition) is 1. The van der Waals surface area contributed by atoms with E-state index in [2.05, 4.69) is 28.1 Å². The Hall–Kier alpha value is -1.48.